The fourth-order valence-corrected chi connectivity index (χ4v) is 7.42. The Labute approximate surface area is 202 Å². The molecule has 0 atom stereocenters. The molecule has 0 radical (unpaired) electrons. The van der Waals surface area contributed by atoms with Crippen molar-refractivity contribution in [1.29, 1.82) is 0 Å². The van der Waals surface area contributed by atoms with Gasteiger partial charge in [0.25, 0.3) is 0 Å². The molecule has 0 aliphatic heterocycles. The monoisotopic (exact) mass is 612 g/mol. The first-order valence-corrected chi connectivity index (χ1v) is 13.9. The van der Waals surface area contributed by atoms with Crippen molar-refractivity contribution in [1.82, 2.24) is 4.98 Å². The molecule has 1 heterocycles. The predicted octanol–water partition coefficient (Wildman–Crippen LogP) is 5.88. The molecule has 0 bridgehead atoms. The number of nitrogens with zero attached hydrogens (tertiary/aromatic N) is 1. The number of pyridine rings is 1. The molecule has 1 aliphatic carbocycles. The molecular formula is C29H25IrNO2. The molecular weight excluding hydrogens is 587 g/mol. The zero-order valence-electron chi connectivity index (χ0n) is 18.9. The third kappa shape index (κ3) is 3.99. The van der Waals surface area contributed by atoms with Gasteiger partial charge in [0.05, 0.1) is 0 Å². The van der Waals surface area contributed by atoms with Gasteiger partial charge < -0.3 is 0 Å². The first kappa shape index (κ1) is 21.9. The van der Waals surface area contributed by atoms with Crippen LogP contribution in [0.5, 0.6) is 0 Å². The summed E-state index contributed by atoms with van der Waals surface area (Å²) < 4.78 is 1.22. The summed E-state index contributed by atoms with van der Waals surface area (Å²) in [5.74, 6) is -0.0196. The summed E-state index contributed by atoms with van der Waals surface area (Å²) in [6, 6.07) is 25.6. The van der Waals surface area contributed by atoms with E-state index in [1.54, 1.807) is 0 Å². The number of para-hydroxylation sites is 1. The van der Waals surface area contributed by atoms with E-state index in [1.165, 1.54) is 33.3 Å². The minimum atomic E-state index is -0.772. The van der Waals surface area contributed by atoms with E-state index in [-0.39, 0.29) is 23.4 Å². The van der Waals surface area contributed by atoms with Gasteiger partial charge in [0.1, 0.15) is 0 Å². The molecule has 1 aromatic heterocycles. The maximum absolute atomic E-state index is 12.4. The molecule has 0 N–H and O–H groups in total. The summed E-state index contributed by atoms with van der Waals surface area (Å²) in [5.41, 5.74) is 8.12. The second kappa shape index (κ2) is 8.44. The topological polar surface area (TPSA) is 47.0 Å². The van der Waals surface area contributed by atoms with Gasteiger partial charge in [-0.2, -0.15) is 0 Å². The Bertz CT molecular complexity index is 1420. The average molecular weight is 612 g/mol. The van der Waals surface area contributed by atoms with Crippen LogP contribution in [0.2, 0.25) is 4.93 Å². The SMILES string of the molecule is CC(=O)CC(=O)[CH2][Ir][c]1cc2c(cc1-c1ccc3ccccc3n1)C(C)(C)c1ccccc1-2. The van der Waals surface area contributed by atoms with Crippen molar-refractivity contribution in [3.8, 4) is 22.4 Å². The molecule has 3 aromatic carbocycles. The summed E-state index contributed by atoms with van der Waals surface area (Å²) in [6.45, 7) is 6.04. The van der Waals surface area contributed by atoms with Gasteiger partial charge in [-0.15, -0.1) is 0 Å². The molecule has 3 nitrogen and oxygen atoms in total. The molecule has 0 saturated heterocycles. The zero-order chi connectivity index (χ0) is 23.2. The number of aromatic nitrogens is 1. The molecule has 4 heteroatoms. The Morgan fingerprint density at radius 1 is 0.848 bits per heavy atom. The molecule has 1 aliphatic rings. The second-order valence-corrected chi connectivity index (χ2v) is 12.1. The van der Waals surface area contributed by atoms with Crippen LogP contribution >= 0.6 is 0 Å². The number of carbonyl (C=O) groups excluding carboxylic acids is 2. The van der Waals surface area contributed by atoms with Gasteiger partial charge in [-0.3, -0.25) is 0 Å². The molecule has 0 unspecified atom stereocenters. The summed E-state index contributed by atoms with van der Waals surface area (Å²) in [7, 11) is 0. The predicted molar refractivity (Wildman–Crippen MR) is 129 cm³/mol. The van der Waals surface area contributed by atoms with Gasteiger partial charge in [-0.25, -0.2) is 0 Å². The third-order valence-electron chi connectivity index (χ3n) is 6.29. The molecule has 0 saturated carbocycles. The Hall–Kier alpha value is -2.94. The van der Waals surface area contributed by atoms with Gasteiger partial charge in [-0.1, -0.05) is 0 Å². The van der Waals surface area contributed by atoms with Crippen LogP contribution in [0.15, 0.2) is 72.8 Å². The maximum atomic E-state index is 12.4. The van der Waals surface area contributed by atoms with Crippen molar-refractivity contribution in [3.05, 3.63) is 83.9 Å². The fourth-order valence-electron chi connectivity index (χ4n) is 4.66. The standard InChI is InChI=1S/C24H18N.C5H7O2.Ir/c1-24(2)20-9-5-4-8-18(20)19-13-11-17(15-21(19)24)23-14-12-16-7-3-6-10-22(16)25-23;1-4(6)3-5(2)7;/h3-10,12-15H,1-2H3;1,3H2,2H3;. The van der Waals surface area contributed by atoms with Crippen LogP contribution in [-0.4, -0.2) is 16.6 Å². The number of fused-ring (bicyclic) bond motifs is 4. The molecule has 0 fully saturated rings. The van der Waals surface area contributed by atoms with E-state index in [9.17, 15) is 9.59 Å². The van der Waals surface area contributed by atoms with Crippen molar-refractivity contribution in [2.24, 2.45) is 0 Å². The van der Waals surface area contributed by atoms with Gasteiger partial charge >= 0.3 is 203 Å². The van der Waals surface area contributed by atoms with Gasteiger partial charge in [0.2, 0.25) is 0 Å². The first-order chi connectivity index (χ1) is 15.8. The molecule has 0 spiro atoms. The van der Waals surface area contributed by atoms with Crippen molar-refractivity contribution in [2.45, 2.75) is 37.5 Å². The Kier molecular flexibility index (Phi) is 5.60. The summed E-state index contributed by atoms with van der Waals surface area (Å²) in [4.78, 5) is 29.3. The van der Waals surface area contributed by atoms with Crippen molar-refractivity contribution >= 4 is 26.5 Å². The Balaban J connectivity index is 1.66. The number of benzene rings is 3. The molecule has 167 valence electrons. The van der Waals surface area contributed by atoms with E-state index in [2.05, 4.69) is 68.4 Å². The van der Waals surface area contributed by atoms with Crippen LogP contribution in [0.4, 0.5) is 0 Å². The average Bonchev–Trinajstić information content (AvgIpc) is 3.03. The third-order valence-corrected chi connectivity index (χ3v) is 9.56. The Morgan fingerprint density at radius 2 is 1.61 bits per heavy atom. The van der Waals surface area contributed by atoms with E-state index in [4.69, 9.17) is 4.98 Å². The van der Waals surface area contributed by atoms with Gasteiger partial charge in [-0.05, 0) is 0 Å². The van der Waals surface area contributed by atoms with Crippen molar-refractivity contribution < 1.29 is 27.3 Å². The van der Waals surface area contributed by atoms with Gasteiger partial charge in [0, 0.05) is 0 Å². The van der Waals surface area contributed by atoms with E-state index < -0.39 is 17.7 Å². The van der Waals surface area contributed by atoms with Gasteiger partial charge in [0.15, 0.2) is 0 Å². The van der Waals surface area contributed by atoms with E-state index in [0.717, 1.165) is 22.2 Å². The number of rotatable bonds is 6. The molecule has 33 heavy (non-hydrogen) atoms. The number of Topliss-reactive ketones (excluding diaryl/α,β-unsaturated/α-hetero) is 2. The van der Waals surface area contributed by atoms with Crippen LogP contribution in [-0.2, 0) is 32.7 Å². The number of hydrogen-bond acceptors (Lipinski definition) is 3. The molecule has 0 amide bonds. The van der Waals surface area contributed by atoms with Crippen LogP contribution in [0.1, 0.15) is 38.3 Å². The van der Waals surface area contributed by atoms with E-state index in [1.807, 2.05) is 18.2 Å². The van der Waals surface area contributed by atoms with Crippen LogP contribution in [0.3, 0.4) is 0 Å². The first-order valence-electron chi connectivity index (χ1n) is 11.0. The summed E-state index contributed by atoms with van der Waals surface area (Å²) >= 11 is -0.772. The molecule has 4 aromatic rings. The van der Waals surface area contributed by atoms with Crippen LogP contribution in [0, 0.1) is 0 Å². The summed E-state index contributed by atoms with van der Waals surface area (Å²) in [5, 5.41) is 1.12. The second-order valence-electron chi connectivity index (χ2n) is 9.07. The number of ketones is 2. The number of carbonyl (C=O) groups is 2. The fraction of sp³-hybridized carbons (Fsp3) is 0.207. The van der Waals surface area contributed by atoms with Crippen molar-refractivity contribution in [2.75, 3.05) is 0 Å². The zero-order valence-corrected chi connectivity index (χ0v) is 21.3. The summed E-state index contributed by atoms with van der Waals surface area (Å²) in [6.07, 6.45) is 0.0356. The Morgan fingerprint density at radius 3 is 2.42 bits per heavy atom. The van der Waals surface area contributed by atoms with E-state index >= 15 is 0 Å². The minimum absolute atomic E-state index is 0.0356. The normalized spacial score (nSPS) is 13.7. The van der Waals surface area contributed by atoms with Crippen molar-refractivity contribution in [3.63, 3.8) is 0 Å². The number of hydrogen-bond donors (Lipinski definition) is 0. The molecule has 5 rings (SSSR count). The van der Waals surface area contributed by atoms with E-state index in [0.29, 0.717) is 4.93 Å². The van der Waals surface area contributed by atoms with Crippen LogP contribution in [0.25, 0.3) is 33.3 Å². The van der Waals surface area contributed by atoms with Crippen LogP contribution < -0.4 is 4.08 Å². The quantitative estimate of drug-likeness (QED) is 0.256.